The Morgan fingerprint density at radius 2 is 1.92 bits per heavy atom. The van der Waals surface area contributed by atoms with Crippen molar-refractivity contribution in [2.45, 2.75) is 63.1 Å². The van der Waals surface area contributed by atoms with Crippen LogP contribution >= 0.6 is 0 Å². The number of pyridine rings is 1. The Bertz CT molecular complexity index is 906. The molecular weight excluding hydrogens is 328 g/mol. The first-order chi connectivity index (χ1) is 12.6. The number of carbonyl (C=O) groups excluding carboxylic acids is 1. The molecule has 7 heteroatoms. The van der Waals surface area contributed by atoms with E-state index in [1.807, 2.05) is 23.9 Å². The van der Waals surface area contributed by atoms with Crippen molar-refractivity contribution in [3.05, 3.63) is 35.4 Å². The Morgan fingerprint density at radius 1 is 1.15 bits per heavy atom. The van der Waals surface area contributed by atoms with Gasteiger partial charge in [0.25, 0.3) is 5.91 Å². The van der Waals surface area contributed by atoms with E-state index in [2.05, 4.69) is 25.3 Å². The molecule has 4 bridgehead atoms. The predicted molar refractivity (Wildman–Crippen MR) is 92.1 cm³/mol. The number of fused-ring (bicyclic) bond motifs is 1. The number of tetrazole rings is 1. The Hall–Kier alpha value is -2.31. The average Bonchev–Trinajstić information content (AvgIpc) is 3.19. The van der Waals surface area contributed by atoms with E-state index in [4.69, 9.17) is 0 Å². The topological polar surface area (TPSA) is 76.8 Å². The van der Waals surface area contributed by atoms with Gasteiger partial charge in [-0.3, -0.25) is 9.78 Å². The van der Waals surface area contributed by atoms with Crippen molar-refractivity contribution in [2.24, 2.45) is 11.8 Å². The summed E-state index contributed by atoms with van der Waals surface area (Å²) >= 11 is 0. The number of rotatable bonds is 2. The molecule has 1 aliphatic heterocycles. The lowest BCUT2D eigenvalue weighted by Gasteiger charge is -2.63. The molecule has 2 aromatic rings. The molecule has 0 radical (unpaired) electrons. The zero-order valence-corrected chi connectivity index (χ0v) is 14.9. The Balaban J connectivity index is 1.43. The third-order valence-electron chi connectivity index (χ3n) is 7.18. The molecule has 7 nitrogen and oxygen atoms in total. The molecule has 5 aliphatic rings. The summed E-state index contributed by atoms with van der Waals surface area (Å²) in [4.78, 5) is 21.7. The van der Waals surface area contributed by atoms with Crippen molar-refractivity contribution in [3.63, 3.8) is 0 Å². The number of hydrogen-bond donors (Lipinski definition) is 0. The van der Waals surface area contributed by atoms with Gasteiger partial charge >= 0.3 is 0 Å². The SMILES string of the molecule is Cc1nnn(C23CC4CC(CC(N5Cc6ncccc6C5=O)(C4)C2)C3)n1. The maximum Gasteiger partial charge on any atom is 0.256 e. The van der Waals surface area contributed by atoms with E-state index in [0.29, 0.717) is 18.4 Å². The summed E-state index contributed by atoms with van der Waals surface area (Å²) in [7, 11) is 0. The second kappa shape index (κ2) is 4.69. The average molecular weight is 350 g/mol. The summed E-state index contributed by atoms with van der Waals surface area (Å²) in [6.07, 6.45) is 8.48. The molecule has 2 aromatic heterocycles. The zero-order valence-electron chi connectivity index (χ0n) is 14.9. The van der Waals surface area contributed by atoms with E-state index in [1.165, 1.54) is 6.42 Å². The number of amides is 1. The summed E-state index contributed by atoms with van der Waals surface area (Å²) in [6, 6.07) is 3.78. The molecule has 134 valence electrons. The van der Waals surface area contributed by atoms with Gasteiger partial charge in [-0.25, -0.2) is 0 Å². The van der Waals surface area contributed by atoms with Gasteiger partial charge in [0.05, 0.1) is 23.3 Å². The van der Waals surface area contributed by atoms with Gasteiger partial charge in [-0.1, -0.05) is 0 Å². The number of hydrogen-bond acceptors (Lipinski definition) is 5. The van der Waals surface area contributed by atoms with Crippen LogP contribution in [0.15, 0.2) is 18.3 Å². The standard InChI is InChI=1S/C19H22N6O/c1-12-21-23-25(22-12)19-8-13-5-14(9-19)7-18(6-13,11-19)24-10-16-15(17(24)26)3-2-4-20-16/h2-4,13-14H,5-11H2,1H3. The number of aromatic nitrogens is 5. The zero-order chi connectivity index (χ0) is 17.5. The van der Waals surface area contributed by atoms with Crippen LogP contribution in [0.1, 0.15) is 60.4 Å². The van der Waals surface area contributed by atoms with E-state index < -0.39 is 0 Å². The molecule has 0 N–H and O–H groups in total. The fourth-order valence-corrected chi connectivity index (χ4v) is 6.71. The van der Waals surface area contributed by atoms with Crippen molar-refractivity contribution < 1.29 is 4.79 Å². The van der Waals surface area contributed by atoms with Crippen LogP contribution in [0, 0.1) is 18.8 Å². The molecule has 7 rings (SSSR count). The highest BCUT2D eigenvalue weighted by molar-refractivity contribution is 5.98. The quantitative estimate of drug-likeness (QED) is 0.829. The lowest BCUT2D eigenvalue weighted by atomic mass is 9.49. The molecule has 3 heterocycles. The van der Waals surface area contributed by atoms with Gasteiger partial charge in [0.15, 0.2) is 5.82 Å². The van der Waals surface area contributed by atoms with Gasteiger partial charge in [-0.15, -0.1) is 10.2 Å². The summed E-state index contributed by atoms with van der Waals surface area (Å²) in [5, 5.41) is 13.1. The van der Waals surface area contributed by atoms with E-state index >= 15 is 0 Å². The highest BCUT2D eigenvalue weighted by atomic mass is 16.2. The molecule has 2 unspecified atom stereocenters. The van der Waals surface area contributed by atoms with Gasteiger partial charge in [0, 0.05) is 11.7 Å². The molecule has 26 heavy (non-hydrogen) atoms. The van der Waals surface area contributed by atoms with E-state index in [-0.39, 0.29) is 17.0 Å². The number of nitrogens with zero attached hydrogens (tertiary/aromatic N) is 6. The summed E-state index contributed by atoms with van der Waals surface area (Å²) < 4.78 is 0. The normalized spacial score (nSPS) is 37.4. The predicted octanol–water partition coefficient (Wildman–Crippen LogP) is 2.08. The molecule has 4 saturated carbocycles. The molecule has 2 atom stereocenters. The van der Waals surface area contributed by atoms with Gasteiger partial charge in [-0.05, 0) is 74.6 Å². The molecule has 0 saturated heterocycles. The summed E-state index contributed by atoms with van der Waals surface area (Å²) in [5.41, 5.74) is 1.56. The van der Waals surface area contributed by atoms with Crippen LogP contribution in [0.5, 0.6) is 0 Å². The van der Waals surface area contributed by atoms with Crippen LogP contribution in [0.2, 0.25) is 0 Å². The highest BCUT2D eigenvalue weighted by Crippen LogP contribution is 2.62. The van der Waals surface area contributed by atoms with Crippen LogP contribution < -0.4 is 0 Å². The third-order valence-corrected chi connectivity index (χ3v) is 7.18. The summed E-state index contributed by atoms with van der Waals surface area (Å²) in [5.74, 6) is 2.18. The molecular formula is C19H22N6O. The van der Waals surface area contributed by atoms with Gasteiger partial charge in [0.1, 0.15) is 0 Å². The summed E-state index contributed by atoms with van der Waals surface area (Å²) in [6.45, 7) is 2.54. The minimum Gasteiger partial charge on any atom is -0.327 e. The van der Waals surface area contributed by atoms with Gasteiger partial charge < -0.3 is 4.90 Å². The van der Waals surface area contributed by atoms with Crippen LogP contribution in [0.25, 0.3) is 0 Å². The minimum absolute atomic E-state index is 0.0756. The monoisotopic (exact) mass is 350 g/mol. The molecule has 4 fully saturated rings. The molecule has 1 amide bonds. The fraction of sp³-hybridized carbons (Fsp3) is 0.632. The highest BCUT2D eigenvalue weighted by Gasteiger charge is 2.63. The molecule has 0 spiro atoms. The minimum atomic E-state index is -0.0800. The first-order valence-electron chi connectivity index (χ1n) is 9.60. The van der Waals surface area contributed by atoms with Crippen LogP contribution in [-0.4, -0.2) is 41.5 Å². The van der Waals surface area contributed by atoms with E-state index in [9.17, 15) is 4.79 Å². The fourth-order valence-electron chi connectivity index (χ4n) is 6.71. The van der Waals surface area contributed by atoms with Crippen molar-refractivity contribution in [1.29, 1.82) is 0 Å². The van der Waals surface area contributed by atoms with Crippen LogP contribution in [0.3, 0.4) is 0 Å². The van der Waals surface area contributed by atoms with Gasteiger partial charge in [-0.2, -0.15) is 4.80 Å². The van der Waals surface area contributed by atoms with Crippen molar-refractivity contribution in [3.8, 4) is 0 Å². The first-order valence-corrected chi connectivity index (χ1v) is 9.60. The first kappa shape index (κ1) is 14.8. The smallest absolute Gasteiger partial charge is 0.256 e. The Morgan fingerprint density at radius 3 is 2.62 bits per heavy atom. The second-order valence-corrected chi connectivity index (χ2v) is 8.92. The van der Waals surface area contributed by atoms with E-state index in [0.717, 1.165) is 49.2 Å². The van der Waals surface area contributed by atoms with Crippen LogP contribution in [-0.2, 0) is 12.1 Å². The maximum atomic E-state index is 13.2. The van der Waals surface area contributed by atoms with Crippen LogP contribution in [0.4, 0.5) is 0 Å². The molecule has 4 aliphatic carbocycles. The maximum absolute atomic E-state index is 13.2. The Kier molecular flexibility index (Phi) is 2.67. The second-order valence-electron chi connectivity index (χ2n) is 8.92. The van der Waals surface area contributed by atoms with E-state index in [1.54, 1.807) is 6.20 Å². The lowest BCUT2D eigenvalue weighted by molar-refractivity contribution is -0.122. The van der Waals surface area contributed by atoms with Crippen molar-refractivity contribution in [1.82, 2.24) is 30.1 Å². The Labute approximate surface area is 151 Å². The van der Waals surface area contributed by atoms with Crippen molar-refractivity contribution >= 4 is 5.91 Å². The van der Waals surface area contributed by atoms with Gasteiger partial charge in [0.2, 0.25) is 0 Å². The number of aryl methyl sites for hydroxylation is 1. The largest absolute Gasteiger partial charge is 0.327 e. The number of carbonyl (C=O) groups is 1. The van der Waals surface area contributed by atoms with Crippen molar-refractivity contribution in [2.75, 3.05) is 0 Å². The molecule has 0 aromatic carbocycles. The third kappa shape index (κ3) is 1.81. The lowest BCUT2D eigenvalue weighted by Crippen LogP contribution is -2.66.